The molecule has 0 aliphatic rings. The summed E-state index contributed by atoms with van der Waals surface area (Å²) in [5, 5.41) is 3.39. The van der Waals surface area contributed by atoms with E-state index < -0.39 is 10.0 Å². The predicted octanol–water partition coefficient (Wildman–Crippen LogP) is 1.76. The van der Waals surface area contributed by atoms with Crippen LogP contribution in [0.15, 0.2) is 29.2 Å². The van der Waals surface area contributed by atoms with Gasteiger partial charge in [0, 0.05) is 45.5 Å². The lowest BCUT2D eigenvalue weighted by Crippen LogP contribution is -2.34. The molecule has 1 N–H and O–H groups in total. The summed E-state index contributed by atoms with van der Waals surface area (Å²) in [5.41, 5.74) is 1.04. The molecule has 1 aromatic rings. The van der Waals surface area contributed by atoms with Gasteiger partial charge in [0.15, 0.2) is 0 Å². The number of benzene rings is 1. The van der Waals surface area contributed by atoms with Gasteiger partial charge in [-0.2, -0.15) is 0 Å². The molecular weight excluding hydrogens is 286 g/mol. The fraction of sp³-hybridized carbons (Fsp3) is 0.600. The van der Waals surface area contributed by atoms with Crippen LogP contribution < -0.4 is 10.2 Å². The fourth-order valence-electron chi connectivity index (χ4n) is 2.00. The van der Waals surface area contributed by atoms with Crippen LogP contribution in [0.5, 0.6) is 0 Å². The highest BCUT2D eigenvalue weighted by Gasteiger charge is 2.17. The molecule has 120 valence electrons. The highest BCUT2D eigenvalue weighted by molar-refractivity contribution is 7.89. The quantitative estimate of drug-likeness (QED) is 0.794. The Kier molecular flexibility index (Phi) is 6.64. The maximum atomic E-state index is 12.0. The van der Waals surface area contributed by atoms with Crippen molar-refractivity contribution < 1.29 is 8.42 Å². The maximum absolute atomic E-state index is 12.0. The SMILES string of the molecule is CCN(CCNC(C)C)c1ccc(S(=O)(=O)N(C)C)cc1. The van der Waals surface area contributed by atoms with E-state index in [0.29, 0.717) is 10.9 Å². The van der Waals surface area contributed by atoms with Crippen molar-refractivity contribution in [3.63, 3.8) is 0 Å². The molecule has 0 radical (unpaired) electrons. The lowest BCUT2D eigenvalue weighted by molar-refractivity contribution is 0.520. The molecular formula is C15H27N3O2S. The molecule has 1 rings (SSSR count). The summed E-state index contributed by atoms with van der Waals surface area (Å²) in [6, 6.07) is 7.55. The van der Waals surface area contributed by atoms with Gasteiger partial charge in [0.1, 0.15) is 0 Å². The summed E-state index contributed by atoms with van der Waals surface area (Å²) in [6.45, 7) is 9.03. The van der Waals surface area contributed by atoms with Crippen molar-refractivity contribution in [1.29, 1.82) is 0 Å². The first-order valence-corrected chi connectivity index (χ1v) is 8.74. The van der Waals surface area contributed by atoms with Gasteiger partial charge in [-0.05, 0) is 31.2 Å². The zero-order valence-electron chi connectivity index (χ0n) is 13.6. The van der Waals surface area contributed by atoms with E-state index in [2.05, 4.69) is 31.0 Å². The monoisotopic (exact) mass is 313 g/mol. The lowest BCUT2D eigenvalue weighted by Gasteiger charge is -2.24. The second-order valence-corrected chi connectivity index (χ2v) is 7.62. The van der Waals surface area contributed by atoms with E-state index in [0.717, 1.165) is 25.3 Å². The van der Waals surface area contributed by atoms with E-state index in [4.69, 9.17) is 0 Å². The van der Waals surface area contributed by atoms with Gasteiger partial charge in [-0.1, -0.05) is 13.8 Å². The van der Waals surface area contributed by atoms with Crippen molar-refractivity contribution in [1.82, 2.24) is 9.62 Å². The van der Waals surface area contributed by atoms with Gasteiger partial charge in [-0.15, -0.1) is 0 Å². The minimum Gasteiger partial charge on any atom is -0.371 e. The Hall–Kier alpha value is -1.11. The number of rotatable bonds is 8. The van der Waals surface area contributed by atoms with Crippen LogP contribution in [0.1, 0.15) is 20.8 Å². The largest absolute Gasteiger partial charge is 0.371 e. The Morgan fingerprint density at radius 1 is 1.14 bits per heavy atom. The molecule has 0 amide bonds. The molecule has 6 heteroatoms. The minimum absolute atomic E-state index is 0.326. The fourth-order valence-corrected chi connectivity index (χ4v) is 2.90. The van der Waals surface area contributed by atoms with Crippen molar-refractivity contribution in [3.05, 3.63) is 24.3 Å². The Bertz CT molecular complexity index is 524. The van der Waals surface area contributed by atoms with Gasteiger partial charge >= 0.3 is 0 Å². The number of nitrogens with one attached hydrogen (secondary N) is 1. The van der Waals surface area contributed by atoms with Crippen molar-refractivity contribution in [2.45, 2.75) is 31.7 Å². The average Bonchev–Trinajstić information content (AvgIpc) is 2.43. The number of hydrogen-bond acceptors (Lipinski definition) is 4. The van der Waals surface area contributed by atoms with E-state index in [1.807, 2.05) is 12.1 Å². The molecule has 0 aliphatic carbocycles. The summed E-state index contributed by atoms with van der Waals surface area (Å²) in [4.78, 5) is 2.55. The van der Waals surface area contributed by atoms with Gasteiger partial charge in [-0.25, -0.2) is 12.7 Å². The Balaban J connectivity index is 2.80. The summed E-state index contributed by atoms with van der Waals surface area (Å²) < 4.78 is 25.3. The Labute approximate surface area is 129 Å². The number of sulfonamides is 1. The smallest absolute Gasteiger partial charge is 0.242 e. The summed E-state index contributed by atoms with van der Waals surface area (Å²) >= 11 is 0. The Morgan fingerprint density at radius 3 is 2.14 bits per heavy atom. The normalized spacial score (nSPS) is 12.1. The zero-order chi connectivity index (χ0) is 16.0. The second kappa shape index (κ2) is 7.77. The molecule has 0 saturated heterocycles. The van der Waals surface area contributed by atoms with Crippen molar-refractivity contribution >= 4 is 15.7 Å². The molecule has 0 unspecified atom stereocenters. The molecule has 0 fully saturated rings. The lowest BCUT2D eigenvalue weighted by atomic mass is 10.3. The summed E-state index contributed by atoms with van der Waals surface area (Å²) in [5.74, 6) is 0. The van der Waals surface area contributed by atoms with Crippen LogP contribution in [-0.2, 0) is 10.0 Å². The third-order valence-corrected chi connectivity index (χ3v) is 5.13. The number of nitrogens with zero attached hydrogens (tertiary/aromatic N) is 2. The third-order valence-electron chi connectivity index (χ3n) is 3.30. The maximum Gasteiger partial charge on any atom is 0.242 e. The van der Waals surface area contributed by atoms with E-state index in [-0.39, 0.29) is 0 Å². The van der Waals surface area contributed by atoms with Crippen LogP contribution in [0.4, 0.5) is 5.69 Å². The highest BCUT2D eigenvalue weighted by atomic mass is 32.2. The predicted molar refractivity (Wildman–Crippen MR) is 88.3 cm³/mol. The standard InChI is InChI=1S/C15H27N3O2S/c1-6-18(12-11-16-13(2)3)14-7-9-15(10-8-14)21(19,20)17(4)5/h7-10,13,16H,6,11-12H2,1-5H3. The molecule has 0 atom stereocenters. The van der Waals surface area contributed by atoms with E-state index in [1.54, 1.807) is 26.2 Å². The van der Waals surface area contributed by atoms with Crippen molar-refractivity contribution in [3.8, 4) is 0 Å². The third kappa shape index (κ3) is 4.98. The average molecular weight is 313 g/mol. The molecule has 0 aliphatic heterocycles. The number of anilines is 1. The van der Waals surface area contributed by atoms with Crippen molar-refractivity contribution in [2.24, 2.45) is 0 Å². The van der Waals surface area contributed by atoms with E-state index >= 15 is 0 Å². The van der Waals surface area contributed by atoms with Gasteiger partial charge in [0.2, 0.25) is 10.0 Å². The van der Waals surface area contributed by atoms with Crippen LogP contribution in [0.3, 0.4) is 0 Å². The summed E-state index contributed by atoms with van der Waals surface area (Å²) in [7, 11) is -0.270. The second-order valence-electron chi connectivity index (χ2n) is 5.47. The zero-order valence-corrected chi connectivity index (χ0v) is 14.4. The van der Waals surface area contributed by atoms with Crippen LogP contribution in [0.2, 0.25) is 0 Å². The number of hydrogen-bond donors (Lipinski definition) is 1. The van der Waals surface area contributed by atoms with Crippen LogP contribution in [-0.4, -0.2) is 52.5 Å². The summed E-state index contributed by atoms with van der Waals surface area (Å²) in [6.07, 6.45) is 0. The van der Waals surface area contributed by atoms with Crippen LogP contribution >= 0.6 is 0 Å². The first-order chi connectivity index (χ1) is 9.78. The van der Waals surface area contributed by atoms with Crippen LogP contribution in [0, 0.1) is 0 Å². The first-order valence-electron chi connectivity index (χ1n) is 7.30. The Morgan fingerprint density at radius 2 is 1.71 bits per heavy atom. The van der Waals surface area contributed by atoms with E-state index in [1.165, 1.54) is 4.31 Å². The minimum atomic E-state index is -3.35. The molecule has 1 aromatic carbocycles. The molecule has 0 heterocycles. The molecule has 0 spiro atoms. The van der Waals surface area contributed by atoms with E-state index in [9.17, 15) is 8.42 Å². The molecule has 21 heavy (non-hydrogen) atoms. The molecule has 0 saturated carbocycles. The van der Waals surface area contributed by atoms with Crippen LogP contribution in [0.25, 0.3) is 0 Å². The van der Waals surface area contributed by atoms with Gasteiger partial charge in [0.25, 0.3) is 0 Å². The highest BCUT2D eigenvalue weighted by Crippen LogP contribution is 2.19. The molecule has 0 aromatic heterocycles. The topological polar surface area (TPSA) is 52.7 Å². The van der Waals surface area contributed by atoms with Gasteiger partial charge < -0.3 is 10.2 Å². The van der Waals surface area contributed by atoms with Crippen molar-refractivity contribution in [2.75, 3.05) is 38.6 Å². The van der Waals surface area contributed by atoms with Gasteiger partial charge in [0.05, 0.1) is 4.90 Å². The molecule has 5 nitrogen and oxygen atoms in total. The molecule has 0 bridgehead atoms. The number of likely N-dealkylation sites (N-methyl/N-ethyl adjacent to an activating group) is 1. The van der Waals surface area contributed by atoms with Gasteiger partial charge in [-0.3, -0.25) is 0 Å². The first kappa shape index (κ1) is 17.9.